The summed E-state index contributed by atoms with van der Waals surface area (Å²) in [4.78, 5) is 2.45. The molecular formula is C22H34ClN. The Balaban J connectivity index is 0.00000169. The summed E-state index contributed by atoms with van der Waals surface area (Å²) in [6.45, 7) is 0. The highest BCUT2D eigenvalue weighted by Crippen LogP contribution is 2.49. The van der Waals surface area contributed by atoms with Crippen LogP contribution in [-0.2, 0) is 12.8 Å². The zero-order valence-corrected chi connectivity index (χ0v) is 16.3. The summed E-state index contributed by atoms with van der Waals surface area (Å²) >= 11 is 0. The first-order valence-electron chi connectivity index (χ1n) is 10.0. The summed E-state index contributed by atoms with van der Waals surface area (Å²) in [6, 6.07) is 8.00. The Kier molecular flexibility index (Phi) is 5.93. The number of nitrogens with zero attached hydrogens (tertiary/aromatic N) is 1. The van der Waals surface area contributed by atoms with E-state index in [1.807, 2.05) is 0 Å². The van der Waals surface area contributed by atoms with Crippen LogP contribution >= 0.6 is 12.4 Å². The molecule has 3 aliphatic carbocycles. The lowest BCUT2D eigenvalue weighted by molar-refractivity contribution is 0.265. The molecule has 4 rings (SSSR count). The molecule has 134 valence electrons. The Bertz CT molecular complexity index is 547. The van der Waals surface area contributed by atoms with Crippen molar-refractivity contribution in [1.82, 2.24) is 4.90 Å². The number of halogens is 1. The van der Waals surface area contributed by atoms with E-state index in [0.717, 1.165) is 23.8 Å². The third-order valence-electron chi connectivity index (χ3n) is 7.20. The molecule has 3 atom stereocenters. The largest absolute Gasteiger partial charge is 0.306 e. The zero-order chi connectivity index (χ0) is 15.8. The van der Waals surface area contributed by atoms with Crippen molar-refractivity contribution in [2.75, 3.05) is 14.1 Å². The van der Waals surface area contributed by atoms with E-state index >= 15 is 0 Å². The average Bonchev–Trinajstić information content (AvgIpc) is 3.24. The van der Waals surface area contributed by atoms with E-state index < -0.39 is 0 Å². The van der Waals surface area contributed by atoms with Gasteiger partial charge in [-0.3, -0.25) is 0 Å². The van der Waals surface area contributed by atoms with Crippen molar-refractivity contribution < 1.29 is 0 Å². The molecule has 0 saturated heterocycles. The Morgan fingerprint density at radius 1 is 0.917 bits per heavy atom. The molecule has 24 heavy (non-hydrogen) atoms. The maximum absolute atomic E-state index is 2.49. The number of rotatable bonds is 3. The summed E-state index contributed by atoms with van der Waals surface area (Å²) < 4.78 is 0. The van der Waals surface area contributed by atoms with Crippen molar-refractivity contribution in [1.29, 1.82) is 0 Å². The van der Waals surface area contributed by atoms with Crippen LogP contribution in [-0.4, -0.2) is 25.0 Å². The highest BCUT2D eigenvalue weighted by Gasteiger charge is 2.37. The molecule has 0 aromatic heterocycles. The van der Waals surface area contributed by atoms with Gasteiger partial charge in [-0.15, -0.1) is 12.4 Å². The molecule has 0 spiro atoms. The molecule has 1 aromatic carbocycles. The molecule has 0 bridgehead atoms. The molecule has 1 nitrogen and oxygen atoms in total. The number of hydrogen-bond donors (Lipinski definition) is 0. The van der Waals surface area contributed by atoms with Gasteiger partial charge in [0.05, 0.1) is 0 Å². The average molecular weight is 348 g/mol. The van der Waals surface area contributed by atoms with Gasteiger partial charge in [-0.2, -0.15) is 0 Å². The van der Waals surface area contributed by atoms with Gasteiger partial charge in [0.1, 0.15) is 0 Å². The molecule has 2 fully saturated rings. The van der Waals surface area contributed by atoms with E-state index in [1.165, 1.54) is 64.2 Å². The third kappa shape index (κ3) is 3.40. The number of likely N-dealkylation sites (N-methyl/N-ethyl adjacent to an activating group) is 1. The van der Waals surface area contributed by atoms with Crippen LogP contribution in [0.1, 0.15) is 74.0 Å². The number of aryl methyl sites for hydroxylation is 1. The molecule has 0 radical (unpaired) electrons. The van der Waals surface area contributed by atoms with E-state index in [1.54, 1.807) is 16.7 Å². The second-order valence-corrected chi connectivity index (χ2v) is 8.59. The monoisotopic (exact) mass is 347 g/mol. The van der Waals surface area contributed by atoms with Crippen LogP contribution in [0.2, 0.25) is 0 Å². The van der Waals surface area contributed by atoms with Gasteiger partial charge in [-0.05, 0) is 80.6 Å². The van der Waals surface area contributed by atoms with Gasteiger partial charge >= 0.3 is 0 Å². The minimum atomic E-state index is 0. The molecule has 0 N–H and O–H groups in total. The summed E-state index contributed by atoms with van der Waals surface area (Å²) in [5.41, 5.74) is 5.16. The van der Waals surface area contributed by atoms with Crippen molar-refractivity contribution in [3.63, 3.8) is 0 Å². The van der Waals surface area contributed by atoms with Crippen molar-refractivity contribution in [3.8, 4) is 0 Å². The number of fused-ring (bicyclic) bond motifs is 1. The molecule has 1 aromatic rings. The first-order chi connectivity index (χ1) is 11.2. The van der Waals surface area contributed by atoms with Gasteiger partial charge in [0.15, 0.2) is 0 Å². The summed E-state index contributed by atoms with van der Waals surface area (Å²) in [5, 5.41) is 0. The van der Waals surface area contributed by atoms with Gasteiger partial charge in [-0.1, -0.05) is 50.3 Å². The summed E-state index contributed by atoms with van der Waals surface area (Å²) in [5.74, 6) is 2.89. The van der Waals surface area contributed by atoms with Crippen LogP contribution in [0, 0.1) is 11.8 Å². The second-order valence-electron chi connectivity index (χ2n) is 8.59. The predicted octanol–water partition coefficient (Wildman–Crippen LogP) is 5.60. The van der Waals surface area contributed by atoms with Crippen LogP contribution in [0.5, 0.6) is 0 Å². The predicted molar refractivity (Wildman–Crippen MR) is 105 cm³/mol. The van der Waals surface area contributed by atoms with Crippen LogP contribution in [0.4, 0.5) is 0 Å². The van der Waals surface area contributed by atoms with E-state index in [9.17, 15) is 0 Å². The van der Waals surface area contributed by atoms with Crippen LogP contribution in [0.3, 0.4) is 0 Å². The van der Waals surface area contributed by atoms with Gasteiger partial charge in [0.25, 0.3) is 0 Å². The quantitative estimate of drug-likeness (QED) is 0.687. The first kappa shape index (κ1) is 18.3. The minimum absolute atomic E-state index is 0. The molecule has 2 heteroatoms. The van der Waals surface area contributed by atoms with Gasteiger partial charge < -0.3 is 4.90 Å². The van der Waals surface area contributed by atoms with Crippen molar-refractivity contribution in [3.05, 3.63) is 34.9 Å². The fourth-order valence-electron chi connectivity index (χ4n) is 5.91. The van der Waals surface area contributed by atoms with E-state index in [-0.39, 0.29) is 12.4 Å². The van der Waals surface area contributed by atoms with Crippen LogP contribution in [0.25, 0.3) is 0 Å². The normalized spacial score (nSPS) is 30.4. The lowest BCUT2D eigenvalue weighted by atomic mass is 9.75. The highest BCUT2D eigenvalue weighted by atomic mass is 35.5. The molecule has 3 aliphatic rings. The fourth-order valence-corrected chi connectivity index (χ4v) is 5.91. The Labute approximate surface area is 154 Å². The van der Waals surface area contributed by atoms with Crippen molar-refractivity contribution in [2.45, 2.75) is 76.2 Å². The van der Waals surface area contributed by atoms with Crippen molar-refractivity contribution in [2.24, 2.45) is 11.8 Å². The molecule has 0 heterocycles. The summed E-state index contributed by atoms with van der Waals surface area (Å²) in [7, 11) is 4.52. The Morgan fingerprint density at radius 2 is 1.71 bits per heavy atom. The highest BCUT2D eigenvalue weighted by molar-refractivity contribution is 5.85. The van der Waals surface area contributed by atoms with Gasteiger partial charge in [0.2, 0.25) is 0 Å². The lowest BCUT2D eigenvalue weighted by Gasteiger charge is -2.34. The Hall–Kier alpha value is -0.530. The second kappa shape index (κ2) is 7.79. The van der Waals surface area contributed by atoms with Gasteiger partial charge in [-0.25, -0.2) is 0 Å². The molecule has 0 amide bonds. The van der Waals surface area contributed by atoms with Gasteiger partial charge in [0, 0.05) is 6.04 Å². The van der Waals surface area contributed by atoms with Crippen LogP contribution < -0.4 is 0 Å². The third-order valence-corrected chi connectivity index (χ3v) is 7.20. The van der Waals surface area contributed by atoms with Crippen molar-refractivity contribution >= 4 is 12.4 Å². The molecule has 2 saturated carbocycles. The van der Waals surface area contributed by atoms with E-state index in [4.69, 9.17) is 0 Å². The molecule has 1 unspecified atom stereocenters. The lowest BCUT2D eigenvalue weighted by Crippen LogP contribution is -2.34. The fraction of sp³-hybridized carbons (Fsp3) is 0.727. The SMILES string of the molecule is CN(C)[C@@H]1CCc2cccc([C@@H]3CCCC3C3CCCC3)c2C1.Cl. The first-order valence-corrected chi connectivity index (χ1v) is 10.0. The minimum Gasteiger partial charge on any atom is -0.306 e. The number of hydrogen-bond acceptors (Lipinski definition) is 1. The standard InChI is InChI=1S/C22H33N.ClH/c1-23(2)18-14-13-17-9-5-11-21(22(17)15-18)20-12-6-10-19(20)16-7-3-4-8-16;/h5,9,11,16,18-20H,3-4,6-8,10,12-15H2,1-2H3;1H/t18-,19?,20-;/m1./s1. The number of benzene rings is 1. The van der Waals surface area contributed by atoms with E-state index in [2.05, 4.69) is 37.2 Å². The zero-order valence-electron chi connectivity index (χ0n) is 15.5. The van der Waals surface area contributed by atoms with E-state index in [0.29, 0.717) is 0 Å². The summed E-state index contributed by atoms with van der Waals surface area (Å²) in [6.07, 6.45) is 14.3. The smallest absolute Gasteiger partial charge is 0.0133 e. The Morgan fingerprint density at radius 3 is 2.46 bits per heavy atom. The van der Waals surface area contributed by atoms with Crippen LogP contribution in [0.15, 0.2) is 18.2 Å². The maximum Gasteiger partial charge on any atom is 0.0133 e. The molecule has 0 aliphatic heterocycles. The maximum atomic E-state index is 2.49. The topological polar surface area (TPSA) is 3.24 Å². The molecular weight excluding hydrogens is 314 g/mol.